The van der Waals surface area contributed by atoms with Gasteiger partial charge in [-0.1, -0.05) is 16.8 Å². The van der Waals surface area contributed by atoms with Gasteiger partial charge in [-0.15, -0.1) is 5.10 Å². The number of amides is 1. The van der Waals surface area contributed by atoms with Crippen LogP contribution in [0.3, 0.4) is 0 Å². The van der Waals surface area contributed by atoms with Crippen LogP contribution in [0, 0.1) is 0 Å². The maximum Gasteiger partial charge on any atom is 0.408 e. The molecule has 3 aliphatic carbocycles. The lowest BCUT2D eigenvalue weighted by Gasteiger charge is -2.69. The molecule has 0 spiro atoms. The fourth-order valence-electron chi connectivity index (χ4n) is 3.94. The first-order chi connectivity index (χ1) is 11.7. The first kappa shape index (κ1) is 16.4. The van der Waals surface area contributed by atoms with Crippen LogP contribution in [0.25, 0.3) is 5.69 Å². The number of carbonyl (C=O) groups excluding carboxylic acids is 1. The molecule has 1 N–H and O–H groups in total. The van der Waals surface area contributed by atoms with E-state index in [1.807, 2.05) is 51.2 Å². The number of rotatable bonds is 3. The van der Waals surface area contributed by atoms with E-state index in [1.54, 1.807) is 4.68 Å². The van der Waals surface area contributed by atoms with Gasteiger partial charge in [0, 0.05) is 16.0 Å². The van der Waals surface area contributed by atoms with Crippen molar-refractivity contribution in [2.45, 2.75) is 56.6 Å². The lowest BCUT2D eigenvalue weighted by atomic mass is 9.38. The van der Waals surface area contributed by atoms with Gasteiger partial charge in [-0.3, -0.25) is 0 Å². The molecule has 2 aromatic rings. The largest absolute Gasteiger partial charge is 0.444 e. The van der Waals surface area contributed by atoms with E-state index >= 15 is 0 Å². The molecule has 5 rings (SSSR count). The SMILES string of the molecule is CC(C)(C)OC(=O)NC12CC(c3cn(-c4ccc(Cl)cc4)nn3)(C1)C2. The Bertz CT molecular complexity index is 803. The smallest absolute Gasteiger partial charge is 0.408 e. The van der Waals surface area contributed by atoms with Crippen LogP contribution < -0.4 is 5.32 Å². The highest BCUT2D eigenvalue weighted by molar-refractivity contribution is 6.30. The van der Waals surface area contributed by atoms with Gasteiger partial charge < -0.3 is 10.1 Å². The van der Waals surface area contributed by atoms with Crippen molar-refractivity contribution in [1.82, 2.24) is 20.3 Å². The van der Waals surface area contributed by atoms with Crippen molar-refractivity contribution in [2.24, 2.45) is 0 Å². The summed E-state index contributed by atoms with van der Waals surface area (Å²) in [7, 11) is 0. The fraction of sp³-hybridized carbons (Fsp3) is 0.500. The van der Waals surface area contributed by atoms with Crippen LogP contribution in [0.5, 0.6) is 0 Å². The third kappa shape index (κ3) is 2.88. The van der Waals surface area contributed by atoms with Gasteiger partial charge >= 0.3 is 6.09 Å². The second-order valence-electron chi connectivity index (χ2n) is 8.24. The first-order valence-corrected chi connectivity index (χ1v) is 8.77. The molecule has 1 amide bonds. The Balaban J connectivity index is 1.40. The molecular formula is C18H21ClN4O2. The predicted molar refractivity (Wildman–Crippen MR) is 94.0 cm³/mol. The van der Waals surface area contributed by atoms with Gasteiger partial charge in [0.1, 0.15) is 5.60 Å². The van der Waals surface area contributed by atoms with Crippen molar-refractivity contribution in [2.75, 3.05) is 0 Å². The normalized spacial score (nSPS) is 27.2. The summed E-state index contributed by atoms with van der Waals surface area (Å²) in [6.07, 6.45) is 4.29. The van der Waals surface area contributed by atoms with Crippen LogP contribution >= 0.6 is 11.6 Å². The Labute approximate surface area is 151 Å². The van der Waals surface area contributed by atoms with Crippen LogP contribution in [0.1, 0.15) is 45.7 Å². The quantitative estimate of drug-likeness (QED) is 0.907. The number of nitrogens with one attached hydrogen (secondary N) is 1. The molecule has 0 atom stereocenters. The van der Waals surface area contributed by atoms with Crippen LogP contribution in [-0.2, 0) is 10.2 Å². The highest BCUT2D eigenvalue weighted by atomic mass is 35.5. The molecule has 132 valence electrons. The lowest BCUT2D eigenvalue weighted by molar-refractivity contribution is -0.0909. The van der Waals surface area contributed by atoms with Crippen LogP contribution in [0.15, 0.2) is 30.5 Å². The molecule has 0 unspecified atom stereocenters. The Morgan fingerprint density at radius 2 is 1.88 bits per heavy atom. The van der Waals surface area contributed by atoms with Gasteiger partial charge in [-0.25, -0.2) is 9.48 Å². The molecule has 0 saturated heterocycles. The third-order valence-electron chi connectivity index (χ3n) is 4.92. The summed E-state index contributed by atoms with van der Waals surface area (Å²) in [4.78, 5) is 12.0. The average Bonchev–Trinajstić information content (AvgIpc) is 2.89. The molecular weight excluding hydrogens is 340 g/mol. The minimum absolute atomic E-state index is 0.0414. The summed E-state index contributed by atoms with van der Waals surface area (Å²) in [5.41, 5.74) is 1.34. The molecule has 2 bridgehead atoms. The van der Waals surface area contributed by atoms with Gasteiger partial charge in [0.15, 0.2) is 0 Å². The third-order valence-corrected chi connectivity index (χ3v) is 5.18. The maximum absolute atomic E-state index is 12.0. The summed E-state index contributed by atoms with van der Waals surface area (Å²) in [5.74, 6) is 0. The molecule has 3 saturated carbocycles. The molecule has 1 aromatic carbocycles. The summed E-state index contributed by atoms with van der Waals surface area (Å²) in [5, 5.41) is 12.3. The maximum atomic E-state index is 12.0. The van der Waals surface area contributed by atoms with Crippen molar-refractivity contribution in [3.63, 3.8) is 0 Å². The highest BCUT2D eigenvalue weighted by Crippen LogP contribution is 2.67. The Morgan fingerprint density at radius 1 is 1.24 bits per heavy atom. The summed E-state index contributed by atoms with van der Waals surface area (Å²) in [6, 6.07) is 7.49. The highest BCUT2D eigenvalue weighted by Gasteiger charge is 2.70. The number of hydrogen-bond donors (Lipinski definition) is 1. The topological polar surface area (TPSA) is 69.0 Å². The molecule has 0 aliphatic heterocycles. The minimum atomic E-state index is -0.480. The second kappa shape index (κ2) is 5.21. The zero-order valence-electron chi connectivity index (χ0n) is 14.5. The molecule has 1 aromatic heterocycles. The number of ether oxygens (including phenoxy) is 1. The number of benzene rings is 1. The van der Waals surface area contributed by atoms with Crippen molar-refractivity contribution >= 4 is 17.7 Å². The van der Waals surface area contributed by atoms with Gasteiger partial charge in [0.25, 0.3) is 0 Å². The van der Waals surface area contributed by atoms with Crippen molar-refractivity contribution in [3.8, 4) is 5.69 Å². The van der Waals surface area contributed by atoms with E-state index in [9.17, 15) is 4.79 Å². The second-order valence-corrected chi connectivity index (χ2v) is 8.68. The van der Waals surface area contributed by atoms with Crippen LogP contribution in [0.4, 0.5) is 4.79 Å². The molecule has 0 radical (unpaired) electrons. The van der Waals surface area contributed by atoms with E-state index in [0.29, 0.717) is 5.02 Å². The number of carbonyl (C=O) groups is 1. The van der Waals surface area contributed by atoms with E-state index < -0.39 is 5.60 Å². The minimum Gasteiger partial charge on any atom is -0.444 e. The fourth-order valence-corrected chi connectivity index (χ4v) is 4.07. The van der Waals surface area contributed by atoms with Crippen LogP contribution in [-0.4, -0.2) is 32.2 Å². The zero-order chi connectivity index (χ0) is 17.9. The Morgan fingerprint density at radius 3 is 2.48 bits per heavy atom. The lowest BCUT2D eigenvalue weighted by Crippen LogP contribution is -2.77. The van der Waals surface area contributed by atoms with E-state index in [4.69, 9.17) is 16.3 Å². The van der Waals surface area contributed by atoms with E-state index in [2.05, 4.69) is 15.6 Å². The number of nitrogens with zero attached hydrogens (tertiary/aromatic N) is 3. The van der Waals surface area contributed by atoms with Gasteiger partial charge in [-0.05, 0) is 64.3 Å². The number of halogens is 1. The molecule has 6 nitrogen and oxygen atoms in total. The van der Waals surface area contributed by atoms with Gasteiger partial charge in [0.05, 0.1) is 17.6 Å². The van der Waals surface area contributed by atoms with E-state index in [1.165, 1.54) is 0 Å². The van der Waals surface area contributed by atoms with Gasteiger partial charge in [-0.2, -0.15) is 0 Å². The summed E-state index contributed by atoms with van der Waals surface area (Å²) in [6.45, 7) is 5.60. The molecule has 3 aliphatic rings. The predicted octanol–water partition coefficient (Wildman–Crippen LogP) is 3.62. The van der Waals surface area contributed by atoms with Crippen molar-refractivity contribution < 1.29 is 9.53 Å². The Hall–Kier alpha value is -2.08. The van der Waals surface area contributed by atoms with Gasteiger partial charge in [0.2, 0.25) is 0 Å². The number of hydrogen-bond acceptors (Lipinski definition) is 4. The first-order valence-electron chi connectivity index (χ1n) is 8.39. The molecule has 3 fully saturated rings. The summed E-state index contributed by atoms with van der Waals surface area (Å²) >= 11 is 5.92. The standard InChI is InChI=1S/C18H21ClN4O2/c1-16(2,3)25-15(24)20-18-9-17(10-18,11-18)14-8-23(22-21-14)13-6-4-12(19)5-7-13/h4-8H,9-11H2,1-3H3,(H,20,24). The number of alkyl carbamates (subject to hydrolysis) is 1. The summed E-state index contributed by atoms with van der Waals surface area (Å²) < 4.78 is 7.12. The molecule has 7 heteroatoms. The average molecular weight is 361 g/mol. The van der Waals surface area contributed by atoms with Crippen molar-refractivity contribution in [1.29, 1.82) is 0 Å². The van der Waals surface area contributed by atoms with Crippen molar-refractivity contribution in [3.05, 3.63) is 41.2 Å². The monoisotopic (exact) mass is 360 g/mol. The molecule has 1 heterocycles. The zero-order valence-corrected chi connectivity index (χ0v) is 15.3. The number of aromatic nitrogens is 3. The van der Waals surface area contributed by atoms with Crippen LogP contribution in [0.2, 0.25) is 5.02 Å². The van der Waals surface area contributed by atoms with E-state index in [-0.39, 0.29) is 17.0 Å². The van der Waals surface area contributed by atoms with E-state index in [0.717, 1.165) is 30.6 Å². The molecule has 25 heavy (non-hydrogen) atoms. The Kier molecular flexibility index (Phi) is 3.41.